The van der Waals surface area contributed by atoms with Crippen molar-refractivity contribution in [2.45, 2.75) is 30.2 Å². The highest BCUT2D eigenvalue weighted by molar-refractivity contribution is 9.11. The minimum atomic E-state index is -3.82. The second-order valence-electron chi connectivity index (χ2n) is 7.57. The van der Waals surface area contributed by atoms with E-state index in [0.717, 1.165) is 0 Å². The maximum absolute atomic E-state index is 12.9. The van der Waals surface area contributed by atoms with Gasteiger partial charge >= 0.3 is 13.1 Å². The van der Waals surface area contributed by atoms with Gasteiger partial charge in [-0.2, -0.15) is 0 Å². The molecule has 178 valence electrons. The maximum atomic E-state index is 12.9. The molecule has 9 nitrogen and oxygen atoms in total. The number of carbonyl (C=O) groups excluding carboxylic acids is 1. The number of ether oxygens (including phenoxy) is 2. The summed E-state index contributed by atoms with van der Waals surface area (Å²) in [6.45, 7) is 1.85. The van der Waals surface area contributed by atoms with Crippen LogP contribution in [0.1, 0.15) is 6.42 Å². The summed E-state index contributed by atoms with van der Waals surface area (Å²) in [6, 6.07) is 10.9. The lowest BCUT2D eigenvalue weighted by Gasteiger charge is -2.24. The van der Waals surface area contributed by atoms with E-state index in [1.165, 1.54) is 13.2 Å². The van der Waals surface area contributed by atoms with Gasteiger partial charge in [-0.05, 0) is 59.5 Å². The lowest BCUT2D eigenvalue weighted by molar-refractivity contribution is 0.135. The molecule has 3 N–H and O–H groups in total. The molecule has 0 saturated carbocycles. The van der Waals surface area contributed by atoms with Crippen LogP contribution in [-0.4, -0.2) is 63.7 Å². The van der Waals surface area contributed by atoms with Crippen LogP contribution < -0.4 is 14.8 Å². The topological polar surface area (TPSA) is 117 Å². The van der Waals surface area contributed by atoms with E-state index in [1.54, 1.807) is 48.0 Å². The molecule has 0 aliphatic carbocycles. The van der Waals surface area contributed by atoms with Gasteiger partial charge in [0, 0.05) is 39.3 Å². The van der Waals surface area contributed by atoms with Gasteiger partial charge in [-0.15, -0.1) is 0 Å². The second-order valence-corrected chi connectivity index (χ2v) is 11.0. The standard InChI is InChI=1S/C20H24BBr2N3O6S/c1-21(28)26-11-15(25-33(29,30)19-8-13(22)6-7-18(19)23)9-16(26)12-32-20(27)24-14-4-3-5-17(10-14)31-2/h3-8,10,15-16,25,28H,9,11-12H2,1-2H3,(H,24,27)/t15-,16-/m1/s1. The molecule has 0 aromatic heterocycles. The van der Waals surface area contributed by atoms with E-state index in [1.807, 2.05) is 0 Å². The number of nitrogens with one attached hydrogen (secondary N) is 2. The van der Waals surface area contributed by atoms with Crippen LogP contribution in [0.25, 0.3) is 0 Å². The smallest absolute Gasteiger partial charge is 0.411 e. The second kappa shape index (κ2) is 11.2. The highest BCUT2D eigenvalue weighted by Crippen LogP contribution is 2.27. The number of halogens is 2. The molecule has 33 heavy (non-hydrogen) atoms. The number of rotatable bonds is 8. The quantitative estimate of drug-likeness (QED) is 0.396. The summed E-state index contributed by atoms with van der Waals surface area (Å²) in [5.74, 6) is 0.594. The van der Waals surface area contributed by atoms with Gasteiger partial charge in [-0.1, -0.05) is 22.0 Å². The summed E-state index contributed by atoms with van der Waals surface area (Å²) in [7, 11) is -3.13. The molecule has 1 saturated heterocycles. The number of anilines is 1. The van der Waals surface area contributed by atoms with Crippen molar-refractivity contribution >= 4 is 60.7 Å². The van der Waals surface area contributed by atoms with Gasteiger partial charge in [0.2, 0.25) is 10.0 Å². The Bertz CT molecular complexity index is 1100. The summed E-state index contributed by atoms with van der Waals surface area (Å²) < 4.78 is 40.1. The van der Waals surface area contributed by atoms with Crippen molar-refractivity contribution in [3.05, 3.63) is 51.4 Å². The van der Waals surface area contributed by atoms with Crippen LogP contribution in [0.3, 0.4) is 0 Å². The van der Waals surface area contributed by atoms with Crippen molar-refractivity contribution in [1.82, 2.24) is 9.53 Å². The molecule has 2 atom stereocenters. The predicted molar refractivity (Wildman–Crippen MR) is 133 cm³/mol. The zero-order valence-electron chi connectivity index (χ0n) is 18.0. The van der Waals surface area contributed by atoms with Crippen molar-refractivity contribution in [2.75, 3.05) is 25.6 Å². The Labute approximate surface area is 210 Å². The summed E-state index contributed by atoms with van der Waals surface area (Å²) in [5, 5.41) is 12.8. The molecule has 3 rings (SSSR count). The van der Waals surface area contributed by atoms with E-state index in [9.17, 15) is 18.2 Å². The molecule has 2 aromatic carbocycles. The number of hydrogen-bond donors (Lipinski definition) is 3. The number of methoxy groups -OCH3 is 1. The molecule has 0 radical (unpaired) electrons. The number of carbonyl (C=O) groups is 1. The van der Waals surface area contributed by atoms with E-state index in [-0.39, 0.29) is 24.1 Å². The molecule has 1 aliphatic rings. The minimum Gasteiger partial charge on any atom is -0.497 e. The SMILES string of the molecule is COc1cccc(NC(=O)OC[C@H]2C[C@@H](NS(=O)(=O)c3cc(Br)ccc3Br)CN2B(C)O)c1. The fourth-order valence-electron chi connectivity index (χ4n) is 3.64. The van der Waals surface area contributed by atoms with Crippen LogP contribution in [0.5, 0.6) is 5.75 Å². The Morgan fingerprint density at radius 2 is 2.03 bits per heavy atom. The van der Waals surface area contributed by atoms with Gasteiger partial charge in [0.25, 0.3) is 0 Å². The van der Waals surface area contributed by atoms with Crippen LogP contribution in [-0.2, 0) is 14.8 Å². The third-order valence-corrected chi connectivity index (χ3v) is 8.17. The number of amides is 1. The molecule has 1 heterocycles. The molecule has 1 fully saturated rings. The molecular formula is C20H24BBr2N3O6S. The van der Waals surface area contributed by atoms with Crippen molar-refractivity contribution in [1.29, 1.82) is 0 Å². The van der Waals surface area contributed by atoms with Crippen LogP contribution in [0.15, 0.2) is 56.3 Å². The number of hydrogen-bond acceptors (Lipinski definition) is 7. The molecule has 0 unspecified atom stereocenters. The molecule has 1 amide bonds. The van der Waals surface area contributed by atoms with E-state index < -0.39 is 29.2 Å². The van der Waals surface area contributed by atoms with E-state index >= 15 is 0 Å². The monoisotopic (exact) mass is 603 g/mol. The molecule has 0 spiro atoms. The Hall–Kier alpha value is -1.64. The Morgan fingerprint density at radius 1 is 1.27 bits per heavy atom. The van der Waals surface area contributed by atoms with Gasteiger partial charge in [-0.25, -0.2) is 17.9 Å². The van der Waals surface area contributed by atoms with E-state index in [2.05, 4.69) is 41.9 Å². The van der Waals surface area contributed by atoms with Gasteiger partial charge in [-0.3, -0.25) is 5.32 Å². The molecule has 0 bridgehead atoms. The largest absolute Gasteiger partial charge is 0.497 e. The minimum absolute atomic E-state index is 0.0144. The first-order chi connectivity index (χ1) is 15.6. The lowest BCUT2D eigenvalue weighted by Crippen LogP contribution is -2.44. The van der Waals surface area contributed by atoms with Crippen LogP contribution in [0.4, 0.5) is 10.5 Å². The van der Waals surface area contributed by atoms with Crippen LogP contribution >= 0.6 is 31.9 Å². The first-order valence-electron chi connectivity index (χ1n) is 10.1. The zero-order chi connectivity index (χ0) is 24.2. The van der Waals surface area contributed by atoms with Gasteiger partial charge in [0.05, 0.1) is 12.0 Å². The third kappa shape index (κ3) is 6.93. The average Bonchev–Trinajstić information content (AvgIpc) is 3.16. The van der Waals surface area contributed by atoms with Gasteiger partial charge in [0.15, 0.2) is 0 Å². The van der Waals surface area contributed by atoms with E-state index in [0.29, 0.717) is 26.8 Å². The Morgan fingerprint density at radius 3 is 2.73 bits per heavy atom. The van der Waals surface area contributed by atoms with Crippen LogP contribution in [0.2, 0.25) is 6.82 Å². The Kier molecular flexibility index (Phi) is 8.81. The van der Waals surface area contributed by atoms with Crippen molar-refractivity contribution in [2.24, 2.45) is 0 Å². The summed E-state index contributed by atoms with van der Waals surface area (Å²) in [4.78, 5) is 14.0. The van der Waals surface area contributed by atoms with Crippen molar-refractivity contribution in [3.63, 3.8) is 0 Å². The summed E-state index contributed by atoms with van der Waals surface area (Å²) in [6.07, 6.45) is -0.293. The highest BCUT2D eigenvalue weighted by Gasteiger charge is 2.38. The first kappa shape index (κ1) is 26.0. The van der Waals surface area contributed by atoms with Crippen LogP contribution in [0, 0.1) is 0 Å². The number of benzene rings is 2. The number of nitrogens with zero attached hydrogens (tertiary/aromatic N) is 1. The zero-order valence-corrected chi connectivity index (χ0v) is 22.0. The summed E-state index contributed by atoms with van der Waals surface area (Å²) in [5.41, 5.74) is 0.517. The summed E-state index contributed by atoms with van der Waals surface area (Å²) >= 11 is 6.57. The fraction of sp³-hybridized carbons (Fsp3) is 0.350. The highest BCUT2D eigenvalue weighted by atomic mass is 79.9. The van der Waals surface area contributed by atoms with Crippen molar-refractivity contribution in [3.8, 4) is 5.75 Å². The fourth-order valence-corrected chi connectivity index (χ4v) is 6.38. The number of sulfonamides is 1. The first-order valence-corrected chi connectivity index (χ1v) is 13.1. The van der Waals surface area contributed by atoms with Crippen molar-refractivity contribution < 1.29 is 27.7 Å². The van der Waals surface area contributed by atoms with E-state index in [4.69, 9.17) is 9.47 Å². The molecule has 13 heteroatoms. The average molecular weight is 605 g/mol. The third-order valence-electron chi connectivity index (χ3n) is 5.16. The van der Waals surface area contributed by atoms with Gasteiger partial charge in [0.1, 0.15) is 12.4 Å². The molecule has 1 aliphatic heterocycles. The Balaban J connectivity index is 1.62. The maximum Gasteiger partial charge on any atom is 0.411 e. The normalized spacial score (nSPS) is 18.7. The molecular weight excluding hydrogens is 581 g/mol. The molecule has 2 aromatic rings. The predicted octanol–water partition coefficient (Wildman–Crippen LogP) is 3.30. The lowest BCUT2D eigenvalue weighted by atomic mass is 9.84. The van der Waals surface area contributed by atoms with Gasteiger partial charge < -0.3 is 19.3 Å².